The number of benzene rings is 1. The molecule has 0 radical (unpaired) electrons. The molecule has 4 rings (SSSR count). The second-order valence-electron chi connectivity index (χ2n) is 8.66. The van der Waals surface area contributed by atoms with Crippen molar-refractivity contribution >= 4 is 5.91 Å². The number of nitrogens with zero attached hydrogens (tertiary/aromatic N) is 1. The summed E-state index contributed by atoms with van der Waals surface area (Å²) in [6.45, 7) is 4.16. The third-order valence-electron chi connectivity index (χ3n) is 6.72. The van der Waals surface area contributed by atoms with Gasteiger partial charge < -0.3 is 24.3 Å². The van der Waals surface area contributed by atoms with Crippen LogP contribution in [-0.4, -0.2) is 69.1 Å². The van der Waals surface area contributed by atoms with E-state index < -0.39 is 0 Å². The van der Waals surface area contributed by atoms with Gasteiger partial charge in [-0.25, -0.2) is 0 Å². The first-order chi connectivity index (χ1) is 14.6. The number of hydrogen-bond acceptors (Lipinski definition) is 6. The predicted molar refractivity (Wildman–Crippen MR) is 113 cm³/mol. The molecule has 7 nitrogen and oxygen atoms in total. The van der Waals surface area contributed by atoms with Gasteiger partial charge in [0.05, 0.1) is 25.9 Å². The summed E-state index contributed by atoms with van der Waals surface area (Å²) >= 11 is 0. The molecular formula is C23H34N2O5. The molecule has 1 N–H and O–H groups in total. The van der Waals surface area contributed by atoms with Gasteiger partial charge in [-0.05, 0) is 44.6 Å². The number of amides is 1. The molecule has 166 valence electrons. The van der Waals surface area contributed by atoms with Gasteiger partial charge in [-0.1, -0.05) is 6.07 Å². The molecule has 0 aliphatic carbocycles. The molecule has 3 heterocycles. The first kappa shape index (κ1) is 21.4. The number of hydrogen-bond donors (Lipinski definition) is 1. The largest absolute Gasteiger partial charge is 0.497 e. The van der Waals surface area contributed by atoms with Crippen molar-refractivity contribution in [2.24, 2.45) is 0 Å². The van der Waals surface area contributed by atoms with E-state index in [9.17, 15) is 4.79 Å². The van der Waals surface area contributed by atoms with Crippen LogP contribution in [0.25, 0.3) is 0 Å². The van der Waals surface area contributed by atoms with Crippen LogP contribution in [-0.2, 0) is 20.8 Å². The van der Waals surface area contributed by atoms with Crippen LogP contribution in [0.4, 0.5) is 0 Å². The Labute approximate surface area is 179 Å². The normalized spacial score (nSPS) is 26.1. The summed E-state index contributed by atoms with van der Waals surface area (Å²) in [5, 5.41) is 3.03. The summed E-state index contributed by atoms with van der Waals surface area (Å²) in [6.07, 6.45) is 5.80. The first-order valence-electron chi connectivity index (χ1n) is 11.1. The van der Waals surface area contributed by atoms with E-state index in [0.717, 1.165) is 69.7 Å². The monoisotopic (exact) mass is 418 g/mol. The molecule has 1 aromatic carbocycles. The van der Waals surface area contributed by atoms with Crippen molar-refractivity contribution in [3.63, 3.8) is 0 Å². The molecule has 30 heavy (non-hydrogen) atoms. The average Bonchev–Trinajstić information content (AvgIpc) is 3.45. The number of carbonyl (C=O) groups is 1. The first-order valence-corrected chi connectivity index (χ1v) is 11.1. The third kappa shape index (κ3) is 4.90. The van der Waals surface area contributed by atoms with Crippen LogP contribution in [0, 0.1) is 0 Å². The minimum absolute atomic E-state index is 0.0142. The van der Waals surface area contributed by atoms with Gasteiger partial charge >= 0.3 is 0 Å². The summed E-state index contributed by atoms with van der Waals surface area (Å²) < 4.78 is 22.7. The average molecular weight is 419 g/mol. The van der Waals surface area contributed by atoms with Crippen molar-refractivity contribution in [2.75, 3.05) is 40.5 Å². The molecule has 1 amide bonds. The zero-order valence-corrected chi connectivity index (χ0v) is 18.2. The molecule has 0 saturated carbocycles. The fraction of sp³-hybridized carbons (Fsp3) is 0.696. The maximum Gasteiger partial charge on any atom is 0.249 e. The summed E-state index contributed by atoms with van der Waals surface area (Å²) in [5.74, 6) is 1.69. The van der Waals surface area contributed by atoms with E-state index in [2.05, 4.69) is 16.3 Å². The highest BCUT2D eigenvalue weighted by molar-refractivity contribution is 5.80. The predicted octanol–water partition coefficient (Wildman–Crippen LogP) is 2.51. The van der Waals surface area contributed by atoms with E-state index >= 15 is 0 Å². The van der Waals surface area contributed by atoms with Gasteiger partial charge in [-0.15, -0.1) is 0 Å². The minimum atomic E-state index is -0.265. The molecule has 7 heteroatoms. The molecule has 1 spiro atoms. The topological polar surface area (TPSA) is 69.3 Å². The van der Waals surface area contributed by atoms with Crippen LogP contribution < -0.4 is 14.8 Å². The Hall–Kier alpha value is -1.83. The van der Waals surface area contributed by atoms with E-state index in [4.69, 9.17) is 18.9 Å². The maximum absolute atomic E-state index is 12.2. The van der Waals surface area contributed by atoms with Crippen molar-refractivity contribution in [2.45, 2.75) is 62.9 Å². The van der Waals surface area contributed by atoms with Crippen LogP contribution in [0.15, 0.2) is 18.2 Å². The van der Waals surface area contributed by atoms with E-state index in [1.165, 1.54) is 5.56 Å². The quantitative estimate of drug-likeness (QED) is 0.734. The van der Waals surface area contributed by atoms with Gasteiger partial charge in [0, 0.05) is 44.4 Å². The van der Waals surface area contributed by atoms with Gasteiger partial charge in [-0.2, -0.15) is 0 Å². The van der Waals surface area contributed by atoms with Gasteiger partial charge in [0.1, 0.15) is 17.6 Å². The lowest BCUT2D eigenvalue weighted by Gasteiger charge is -2.39. The lowest BCUT2D eigenvalue weighted by molar-refractivity contribution is -0.131. The second kappa shape index (κ2) is 9.54. The van der Waals surface area contributed by atoms with E-state index in [0.29, 0.717) is 13.2 Å². The number of piperidine rings is 1. The number of methoxy groups -OCH3 is 2. The number of likely N-dealkylation sites (tertiary alicyclic amines) is 1. The maximum atomic E-state index is 12.2. The third-order valence-corrected chi connectivity index (χ3v) is 6.72. The molecule has 3 saturated heterocycles. The Balaban J connectivity index is 1.24. The Morgan fingerprint density at radius 3 is 2.73 bits per heavy atom. The van der Waals surface area contributed by atoms with Crippen LogP contribution in [0.3, 0.4) is 0 Å². The summed E-state index contributed by atoms with van der Waals surface area (Å²) in [6, 6.07) is 6.01. The summed E-state index contributed by atoms with van der Waals surface area (Å²) in [4.78, 5) is 14.6. The van der Waals surface area contributed by atoms with Crippen molar-refractivity contribution in [3.8, 4) is 11.5 Å². The Morgan fingerprint density at radius 1 is 1.20 bits per heavy atom. The molecule has 2 atom stereocenters. The van der Waals surface area contributed by atoms with Crippen LogP contribution in [0.5, 0.6) is 11.5 Å². The smallest absolute Gasteiger partial charge is 0.249 e. The van der Waals surface area contributed by atoms with Crippen molar-refractivity contribution < 1.29 is 23.7 Å². The molecule has 3 fully saturated rings. The van der Waals surface area contributed by atoms with Gasteiger partial charge in [0.15, 0.2) is 0 Å². The number of carbonyl (C=O) groups excluding carboxylic acids is 1. The Morgan fingerprint density at radius 2 is 2.03 bits per heavy atom. The molecule has 1 aromatic rings. The Bertz CT molecular complexity index is 726. The SMILES string of the molecule is COc1ccc(CN2CCC3(CC[C@H](CNC(=O)[C@H]4CCCO4)O3)CC2)c(OC)c1. The van der Waals surface area contributed by atoms with Crippen LogP contribution >= 0.6 is 0 Å². The Kier molecular flexibility index (Phi) is 6.80. The van der Waals surface area contributed by atoms with Gasteiger partial charge in [0.2, 0.25) is 5.91 Å². The molecule has 3 aliphatic heterocycles. The molecule has 0 unspecified atom stereocenters. The lowest BCUT2D eigenvalue weighted by Crippen LogP contribution is -2.45. The highest BCUT2D eigenvalue weighted by Crippen LogP contribution is 2.39. The number of rotatable bonds is 7. The highest BCUT2D eigenvalue weighted by atomic mass is 16.5. The van der Waals surface area contributed by atoms with E-state index in [1.54, 1.807) is 14.2 Å². The zero-order chi connectivity index (χ0) is 21.0. The van der Waals surface area contributed by atoms with Crippen LogP contribution in [0.1, 0.15) is 44.1 Å². The van der Waals surface area contributed by atoms with Gasteiger partial charge in [0.25, 0.3) is 0 Å². The summed E-state index contributed by atoms with van der Waals surface area (Å²) in [5.41, 5.74) is 1.15. The molecular weight excluding hydrogens is 384 g/mol. The number of ether oxygens (including phenoxy) is 4. The molecule has 0 aromatic heterocycles. The molecule has 3 aliphatic rings. The van der Waals surface area contributed by atoms with E-state index in [-0.39, 0.29) is 23.7 Å². The second-order valence-corrected chi connectivity index (χ2v) is 8.66. The van der Waals surface area contributed by atoms with Crippen molar-refractivity contribution in [1.29, 1.82) is 0 Å². The standard InChI is InChI=1S/C23H34N2O5/c1-27-18-6-5-17(21(14-18)28-2)16-25-11-9-23(10-12-25)8-7-19(30-23)15-24-22(26)20-4-3-13-29-20/h5-6,14,19-20H,3-4,7-13,15-16H2,1-2H3,(H,24,26)/t19-,20-/m1/s1. The lowest BCUT2D eigenvalue weighted by atomic mass is 9.88. The van der Waals surface area contributed by atoms with E-state index in [1.807, 2.05) is 12.1 Å². The van der Waals surface area contributed by atoms with Crippen LogP contribution in [0.2, 0.25) is 0 Å². The van der Waals surface area contributed by atoms with Gasteiger partial charge in [-0.3, -0.25) is 9.69 Å². The summed E-state index contributed by atoms with van der Waals surface area (Å²) in [7, 11) is 3.37. The molecule has 0 bridgehead atoms. The highest BCUT2D eigenvalue weighted by Gasteiger charge is 2.42. The van der Waals surface area contributed by atoms with Crippen molar-refractivity contribution in [1.82, 2.24) is 10.2 Å². The number of nitrogens with one attached hydrogen (secondary N) is 1. The van der Waals surface area contributed by atoms with Crippen molar-refractivity contribution in [3.05, 3.63) is 23.8 Å². The fourth-order valence-electron chi connectivity index (χ4n) is 4.86. The minimum Gasteiger partial charge on any atom is -0.497 e. The fourth-order valence-corrected chi connectivity index (χ4v) is 4.86. The zero-order valence-electron chi connectivity index (χ0n) is 18.2.